The number of hydrogen-bond acceptors (Lipinski definition) is 6. The smallest absolute Gasteiger partial charge is 0.173 e. The van der Waals surface area contributed by atoms with E-state index < -0.39 is 46.8 Å². The first kappa shape index (κ1) is 18.0. The predicted octanol–water partition coefficient (Wildman–Crippen LogP) is 1.70. The molecule has 0 aliphatic carbocycles. The molecule has 2 heterocycles. The van der Waals surface area contributed by atoms with Gasteiger partial charge in [-0.1, -0.05) is 0 Å². The summed E-state index contributed by atoms with van der Waals surface area (Å²) in [5.74, 6) is -2.95. The van der Waals surface area contributed by atoms with E-state index in [-0.39, 0.29) is 17.1 Å². The van der Waals surface area contributed by atoms with Crippen LogP contribution in [-0.2, 0) is 0 Å². The summed E-state index contributed by atoms with van der Waals surface area (Å²) < 4.78 is 46.3. The minimum absolute atomic E-state index is 0.0309. The van der Waals surface area contributed by atoms with Crippen LogP contribution in [0.4, 0.5) is 13.2 Å². The molecular weight excluding hydrogens is 359 g/mol. The Bertz CT molecular complexity index is 756. The first-order chi connectivity index (χ1) is 11.9. The van der Waals surface area contributed by atoms with E-state index in [0.717, 1.165) is 11.8 Å². The van der Waals surface area contributed by atoms with Crippen LogP contribution in [0.1, 0.15) is 0 Å². The van der Waals surface area contributed by atoms with Gasteiger partial charge in [0.05, 0.1) is 17.9 Å². The molecule has 1 fully saturated rings. The van der Waals surface area contributed by atoms with Gasteiger partial charge in [-0.2, -0.15) is 0 Å². The van der Waals surface area contributed by atoms with Crippen molar-refractivity contribution in [2.45, 2.75) is 23.7 Å². The highest BCUT2D eigenvalue weighted by molar-refractivity contribution is 7.99. The van der Waals surface area contributed by atoms with E-state index in [1.54, 1.807) is 0 Å². The van der Waals surface area contributed by atoms with E-state index in [4.69, 9.17) is 4.74 Å². The monoisotopic (exact) mass is 373 g/mol. The largest absolute Gasteiger partial charge is 0.475 e. The number of aliphatic hydroxyl groups excluding tert-OH is 3. The number of halogens is 3. The molecule has 0 spiro atoms. The zero-order valence-corrected chi connectivity index (χ0v) is 13.5. The number of thioether (sulfide) groups is 1. The Kier molecular flexibility index (Phi) is 5.19. The Morgan fingerprint density at radius 2 is 1.68 bits per heavy atom. The number of pyridine rings is 1. The number of aliphatic hydroxyl groups is 3. The van der Waals surface area contributed by atoms with Crippen LogP contribution in [0.5, 0.6) is 5.75 Å². The maximum atomic E-state index is 13.9. The highest BCUT2D eigenvalue weighted by atomic mass is 32.2. The average Bonchev–Trinajstić information content (AvgIpc) is 2.55. The number of hydrogen-bond donors (Lipinski definition) is 3. The fourth-order valence-electron chi connectivity index (χ4n) is 2.46. The third-order valence-corrected chi connectivity index (χ3v) is 4.95. The van der Waals surface area contributed by atoms with Crippen LogP contribution in [0.2, 0.25) is 0 Å². The van der Waals surface area contributed by atoms with Gasteiger partial charge in [-0.25, -0.2) is 13.2 Å². The molecule has 0 bridgehead atoms. The molecule has 134 valence electrons. The standard InChI is InChI=1S/C16H14F3NO4S/c17-8-2-10(18)13(11(19)3-8)7-1-9(5-20-4-7)24-16-15(23)14(22)12(21)6-25-16/h1-5,12,14-16,21-23H,6H2/t12-,14+,15-,16+/m1/s1. The molecule has 9 heteroatoms. The van der Waals surface area contributed by atoms with E-state index in [1.807, 2.05) is 0 Å². The molecule has 5 nitrogen and oxygen atoms in total. The van der Waals surface area contributed by atoms with E-state index in [2.05, 4.69) is 4.98 Å². The van der Waals surface area contributed by atoms with Gasteiger partial charge in [0.25, 0.3) is 0 Å². The maximum Gasteiger partial charge on any atom is 0.173 e. The van der Waals surface area contributed by atoms with Crippen molar-refractivity contribution in [1.82, 2.24) is 4.98 Å². The minimum Gasteiger partial charge on any atom is -0.475 e. The van der Waals surface area contributed by atoms with Crippen molar-refractivity contribution >= 4 is 11.8 Å². The second-order valence-electron chi connectivity index (χ2n) is 5.52. The molecule has 25 heavy (non-hydrogen) atoms. The summed E-state index contributed by atoms with van der Waals surface area (Å²) in [6.45, 7) is 0. The fourth-order valence-corrected chi connectivity index (χ4v) is 3.58. The molecule has 0 unspecified atom stereocenters. The number of aromatic nitrogens is 1. The Balaban J connectivity index is 1.86. The van der Waals surface area contributed by atoms with Gasteiger partial charge >= 0.3 is 0 Å². The Labute approximate surface area is 145 Å². The van der Waals surface area contributed by atoms with Crippen LogP contribution in [0, 0.1) is 17.5 Å². The Hall–Kier alpha value is -1.81. The number of ether oxygens (including phenoxy) is 1. The molecule has 2 aromatic rings. The third kappa shape index (κ3) is 3.74. The Morgan fingerprint density at radius 1 is 1.00 bits per heavy atom. The van der Waals surface area contributed by atoms with Crippen molar-refractivity contribution in [2.75, 3.05) is 5.75 Å². The lowest BCUT2D eigenvalue weighted by atomic mass is 10.1. The second kappa shape index (κ2) is 7.20. The second-order valence-corrected chi connectivity index (χ2v) is 6.65. The first-order valence-electron chi connectivity index (χ1n) is 7.29. The van der Waals surface area contributed by atoms with Crippen LogP contribution in [0.25, 0.3) is 11.1 Å². The van der Waals surface area contributed by atoms with Crippen molar-refractivity contribution < 1.29 is 33.2 Å². The summed E-state index contributed by atoms with van der Waals surface area (Å²) >= 11 is 1.08. The van der Waals surface area contributed by atoms with Crippen LogP contribution in [-0.4, -0.2) is 49.8 Å². The highest BCUT2D eigenvalue weighted by Gasteiger charge is 2.38. The zero-order chi connectivity index (χ0) is 18.1. The molecule has 1 aromatic carbocycles. The van der Waals surface area contributed by atoms with E-state index in [0.29, 0.717) is 12.1 Å². The summed E-state index contributed by atoms with van der Waals surface area (Å²) in [6.07, 6.45) is -1.33. The van der Waals surface area contributed by atoms with E-state index in [9.17, 15) is 28.5 Å². The molecule has 1 aliphatic heterocycles. The van der Waals surface area contributed by atoms with Gasteiger partial charge in [0.2, 0.25) is 0 Å². The van der Waals surface area contributed by atoms with Crippen molar-refractivity contribution in [1.29, 1.82) is 0 Å². The summed E-state index contributed by atoms with van der Waals surface area (Å²) in [7, 11) is 0. The van der Waals surface area contributed by atoms with Crippen molar-refractivity contribution in [3.8, 4) is 16.9 Å². The van der Waals surface area contributed by atoms with Crippen LogP contribution >= 0.6 is 11.8 Å². The lowest BCUT2D eigenvalue weighted by Gasteiger charge is -2.34. The number of benzene rings is 1. The number of nitrogens with zero attached hydrogens (tertiary/aromatic N) is 1. The summed E-state index contributed by atoms with van der Waals surface area (Å²) in [6, 6.07) is 2.41. The quantitative estimate of drug-likeness (QED) is 0.760. The molecule has 3 N–H and O–H groups in total. The topological polar surface area (TPSA) is 82.8 Å². The molecule has 3 rings (SSSR count). The fraction of sp³-hybridized carbons (Fsp3) is 0.312. The van der Waals surface area contributed by atoms with Gasteiger partial charge < -0.3 is 20.1 Å². The van der Waals surface area contributed by atoms with Gasteiger partial charge in [0, 0.05) is 29.6 Å². The minimum atomic E-state index is -1.37. The zero-order valence-electron chi connectivity index (χ0n) is 12.6. The van der Waals surface area contributed by atoms with Gasteiger partial charge in [0.1, 0.15) is 35.4 Å². The van der Waals surface area contributed by atoms with Gasteiger partial charge in [-0.15, -0.1) is 11.8 Å². The van der Waals surface area contributed by atoms with Crippen LogP contribution < -0.4 is 4.74 Å². The Morgan fingerprint density at radius 3 is 2.36 bits per heavy atom. The maximum absolute atomic E-state index is 13.9. The number of rotatable bonds is 3. The van der Waals surface area contributed by atoms with E-state index >= 15 is 0 Å². The molecule has 0 amide bonds. The van der Waals surface area contributed by atoms with Crippen molar-refractivity contribution in [3.05, 3.63) is 48.0 Å². The summed E-state index contributed by atoms with van der Waals surface area (Å²) in [5, 5.41) is 29.1. The normalized spacial score (nSPS) is 26.5. The molecular formula is C16H14F3NO4S. The lowest BCUT2D eigenvalue weighted by molar-refractivity contribution is -0.0786. The molecule has 1 aromatic heterocycles. The van der Waals surface area contributed by atoms with Crippen molar-refractivity contribution in [3.63, 3.8) is 0 Å². The van der Waals surface area contributed by atoms with Gasteiger partial charge in [-0.3, -0.25) is 4.98 Å². The molecule has 1 aliphatic rings. The SMILES string of the molecule is O[C@@H]1[C@@H](O)[C@@H](Oc2cncc(-c3c(F)cc(F)cc3F)c2)SC[C@H]1O. The summed E-state index contributed by atoms with van der Waals surface area (Å²) in [4.78, 5) is 3.84. The highest BCUT2D eigenvalue weighted by Crippen LogP contribution is 2.32. The third-order valence-electron chi connectivity index (χ3n) is 3.72. The molecule has 0 radical (unpaired) electrons. The van der Waals surface area contributed by atoms with Gasteiger partial charge in [-0.05, 0) is 6.07 Å². The summed E-state index contributed by atoms with van der Waals surface area (Å²) in [5.41, 5.74) is -1.31. The average molecular weight is 373 g/mol. The lowest BCUT2D eigenvalue weighted by Crippen LogP contribution is -2.50. The van der Waals surface area contributed by atoms with E-state index in [1.165, 1.54) is 18.5 Å². The van der Waals surface area contributed by atoms with Crippen LogP contribution in [0.15, 0.2) is 30.6 Å². The first-order valence-corrected chi connectivity index (χ1v) is 8.34. The van der Waals surface area contributed by atoms with Crippen molar-refractivity contribution in [2.24, 2.45) is 0 Å². The predicted molar refractivity (Wildman–Crippen MR) is 84.4 cm³/mol. The van der Waals surface area contributed by atoms with Gasteiger partial charge in [0.15, 0.2) is 5.44 Å². The molecule has 1 saturated heterocycles. The molecule has 0 saturated carbocycles. The van der Waals surface area contributed by atoms with Crippen LogP contribution in [0.3, 0.4) is 0 Å². The molecule has 4 atom stereocenters.